The molecule has 0 amide bonds. The van der Waals surface area contributed by atoms with Crippen LogP contribution in [0.15, 0.2) is 18.2 Å². The molecular weight excluding hydrogens is 260 g/mol. The van der Waals surface area contributed by atoms with E-state index in [0.717, 1.165) is 32.5 Å². The number of nitrogens with two attached hydrogens (primary N) is 1. The van der Waals surface area contributed by atoms with E-state index in [0.29, 0.717) is 13.2 Å². The lowest BCUT2D eigenvalue weighted by molar-refractivity contribution is 0.181. The van der Waals surface area contributed by atoms with Gasteiger partial charge in [-0.2, -0.15) is 0 Å². The fourth-order valence-corrected chi connectivity index (χ4v) is 2.86. The maximum atomic E-state index is 5.75. The van der Waals surface area contributed by atoms with Gasteiger partial charge in [-0.15, -0.1) is 11.3 Å². The Kier molecular flexibility index (Phi) is 4.52. The molecule has 0 fully saturated rings. The van der Waals surface area contributed by atoms with E-state index in [1.165, 1.54) is 0 Å². The van der Waals surface area contributed by atoms with Crippen molar-refractivity contribution in [3.8, 4) is 16.3 Å². The van der Waals surface area contributed by atoms with Gasteiger partial charge in [0, 0.05) is 18.5 Å². The van der Waals surface area contributed by atoms with E-state index < -0.39 is 0 Å². The van der Waals surface area contributed by atoms with Gasteiger partial charge >= 0.3 is 0 Å². The zero-order valence-electron chi connectivity index (χ0n) is 11.4. The summed E-state index contributed by atoms with van der Waals surface area (Å²) in [6, 6.07) is 6.09. The van der Waals surface area contributed by atoms with Crippen molar-refractivity contribution in [1.82, 2.24) is 4.98 Å². The van der Waals surface area contributed by atoms with E-state index in [-0.39, 0.29) is 0 Å². The lowest BCUT2D eigenvalue weighted by Crippen LogP contribution is -1.99. The van der Waals surface area contributed by atoms with Crippen molar-refractivity contribution in [3.63, 3.8) is 0 Å². The monoisotopic (exact) mass is 278 g/mol. The van der Waals surface area contributed by atoms with Crippen molar-refractivity contribution >= 4 is 11.3 Å². The Labute approximate surface area is 117 Å². The number of aryl methyl sites for hydroxylation is 1. The fraction of sp³-hybridized carbons (Fsp3) is 0.357. The highest BCUT2D eigenvalue weighted by atomic mass is 32.1. The number of aromatic nitrogens is 1. The number of hydrogen-bond acceptors (Lipinski definition) is 5. The van der Waals surface area contributed by atoms with E-state index in [4.69, 9.17) is 15.2 Å². The van der Waals surface area contributed by atoms with Crippen LogP contribution in [-0.2, 0) is 17.9 Å². The van der Waals surface area contributed by atoms with Gasteiger partial charge in [0.2, 0.25) is 0 Å². The second kappa shape index (κ2) is 6.14. The molecule has 2 aromatic rings. The minimum atomic E-state index is 0.477. The molecule has 0 aliphatic rings. The van der Waals surface area contributed by atoms with Crippen LogP contribution in [0, 0.1) is 6.92 Å². The minimum Gasteiger partial charge on any atom is -0.496 e. The molecule has 2 rings (SSSR count). The summed E-state index contributed by atoms with van der Waals surface area (Å²) in [6.45, 7) is 3.00. The average molecular weight is 278 g/mol. The van der Waals surface area contributed by atoms with Crippen LogP contribution in [0.1, 0.15) is 16.1 Å². The smallest absolute Gasteiger partial charge is 0.129 e. The molecule has 0 spiro atoms. The number of ether oxygens (including phenoxy) is 2. The fourth-order valence-electron chi connectivity index (χ4n) is 1.88. The first kappa shape index (κ1) is 14.0. The molecule has 4 nitrogen and oxygen atoms in total. The number of nitrogens with zero attached hydrogens (tertiary/aromatic N) is 1. The van der Waals surface area contributed by atoms with Gasteiger partial charge in [-0.3, -0.25) is 0 Å². The predicted molar refractivity (Wildman–Crippen MR) is 77.4 cm³/mol. The predicted octanol–water partition coefficient (Wildman–Crippen LogP) is 2.73. The minimum absolute atomic E-state index is 0.477. The number of thiazole rings is 1. The largest absolute Gasteiger partial charge is 0.496 e. The lowest BCUT2D eigenvalue weighted by atomic mass is 10.1. The van der Waals surface area contributed by atoms with Gasteiger partial charge in [-0.05, 0) is 24.6 Å². The van der Waals surface area contributed by atoms with Crippen molar-refractivity contribution < 1.29 is 9.47 Å². The normalized spacial score (nSPS) is 10.7. The van der Waals surface area contributed by atoms with Gasteiger partial charge in [0.25, 0.3) is 0 Å². The Morgan fingerprint density at radius 2 is 2.11 bits per heavy atom. The first-order chi connectivity index (χ1) is 9.19. The molecule has 1 heterocycles. The molecule has 0 radical (unpaired) electrons. The van der Waals surface area contributed by atoms with Gasteiger partial charge in [-0.1, -0.05) is 6.07 Å². The van der Waals surface area contributed by atoms with Crippen molar-refractivity contribution in [1.29, 1.82) is 0 Å². The Hall–Kier alpha value is -1.43. The Morgan fingerprint density at radius 1 is 1.32 bits per heavy atom. The van der Waals surface area contributed by atoms with E-state index in [1.807, 2.05) is 19.1 Å². The molecule has 0 atom stereocenters. The molecule has 0 aliphatic carbocycles. The molecule has 0 unspecified atom stereocenters. The van der Waals surface area contributed by atoms with Gasteiger partial charge in [0.1, 0.15) is 10.8 Å². The van der Waals surface area contributed by atoms with Gasteiger partial charge in [-0.25, -0.2) is 4.98 Å². The van der Waals surface area contributed by atoms with Gasteiger partial charge in [0.05, 0.1) is 25.0 Å². The molecule has 1 aromatic heterocycles. The first-order valence-electron chi connectivity index (χ1n) is 6.02. The summed E-state index contributed by atoms with van der Waals surface area (Å²) in [4.78, 5) is 5.67. The Bertz CT molecular complexity index is 567. The standard InChI is InChI=1S/C14H18N2O2S/c1-9-4-5-10(12(6-9)18-3)14-16-11(8-17-2)13(7-15)19-14/h4-6H,7-8,15H2,1-3H3. The molecule has 102 valence electrons. The maximum absolute atomic E-state index is 5.75. The molecule has 0 bridgehead atoms. The second-order valence-corrected chi connectivity index (χ2v) is 5.31. The molecule has 2 N–H and O–H groups in total. The third-order valence-corrected chi connectivity index (χ3v) is 3.99. The molecule has 0 saturated carbocycles. The van der Waals surface area contributed by atoms with E-state index in [9.17, 15) is 0 Å². The van der Waals surface area contributed by atoms with Crippen LogP contribution in [0.2, 0.25) is 0 Å². The molecule has 19 heavy (non-hydrogen) atoms. The van der Waals surface area contributed by atoms with Gasteiger partial charge in [0.15, 0.2) is 0 Å². The number of benzene rings is 1. The van der Waals surface area contributed by atoms with Crippen molar-refractivity contribution in [2.24, 2.45) is 5.73 Å². The summed E-state index contributed by atoms with van der Waals surface area (Å²) >= 11 is 1.59. The number of hydrogen-bond donors (Lipinski definition) is 1. The highest BCUT2D eigenvalue weighted by molar-refractivity contribution is 7.15. The van der Waals surface area contributed by atoms with E-state index >= 15 is 0 Å². The van der Waals surface area contributed by atoms with Crippen LogP contribution in [0.25, 0.3) is 10.6 Å². The zero-order valence-corrected chi connectivity index (χ0v) is 12.2. The first-order valence-corrected chi connectivity index (χ1v) is 6.83. The quantitative estimate of drug-likeness (QED) is 0.913. The summed E-state index contributed by atoms with van der Waals surface area (Å²) in [5.74, 6) is 0.835. The third kappa shape index (κ3) is 2.94. The van der Waals surface area contributed by atoms with Crippen LogP contribution in [0.5, 0.6) is 5.75 Å². The zero-order chi connectivity index (χ0) is 13.8. The summed E-state index contributed by atoms with van der Waals surface area (Å²) in [7, 11) is 3.33. The van der Waals surface area contributed by atoms with Gasteiger partial charge < -0.3 is 15.2 Å². The van der Waals surface area contributed by atoms with E-state index in [2.05, 4.69) is 11.1 Å². The second-order valence-electron chi connectivity index (χ2n) is 4.23. The summed E-state index contributed by atoms with van der Waals surface area (Å²) in [6.07, 6.45) is 0. The van der Waals surface area contributed by atoms with Crippen molar-refractivity contribution in [2.45, 2.75) is 20.1 Å². The Morgan fingerprint density at radius 3 is 2.74 bits per heavy atom. The molecular formula is C14H18N2O2S. The summed E-state index contributed by atoms with van der Waals surface area (Å²) in [5.41, 5.74) is 8.82. The van der Waals surface area contributed by atoms with E-state index in [1.54, 1.807) is 25.6 Å². The highest BCUT2D eigenvalue weighted by Crippen LogP contribution is 2.35. The van der Waals surface area contributed by atoms with Crippen LogP contribution in [0.3, 0.4) is 0 Å². The maximum Gasteiger partial charge on any atom is 0.129 e. The van der Waals surface area contributed by atoms with Crippen molar-refractivity contribution in [3.05, 3.63) is 34.3 Å². The van der Waals surface area contributed by atoms with Crippen LogP contribution in [-0.4, -0.2) is 19.2 Å². The van der Waals surface area contributed by atoms with Crippen molar-refractivity contribution in [2.75, 3.05) is 14.2 Å². The number of methoxy groups -OCH3 is 2. The molecule has 1 aromatic carbocycles. The lowest BCUT2D eigenvalue weighted by Gasteiger charge is -2.06. The molecule has 0 aliphatic heterocycles. The SMILES string of the molecule is COCc1nc(-c2ccc(C)cc2OC)sc1CN. The summed E-state index contributed by atoms with van der Waals surface area (Å²) in [5, 5.41) is 0.921. The van der Waals surface area contributed by atoms with Crippen LogP contribution in [0.4, 0.5) is 0 Å². The topological polar surface area (TPSA) is 57.4 Å². The van der Waals surface area contributed by atoms with Crippen LogP contribution < -0.4 is 10.5 Å². The summed E-state index contributed by atoms with van der Waals surface area (Å²) < 4.78 is 10.6. The molecule has 5 heteroatoms. The Balaban J connectivity index is 2.46. The average Bonchev–Trinajstić information content (AvgIpc) is 2.82. The molecule has 0 saturated heterocycles. The third-order valence-electron chi connectivity index (χ3n) is 2.83. The number of rotatable bonds is 5. The highest BCUT2D eigenvalue weighted by Gasteiger charge is 2.14. The van der Waals surface area contributed by atoms with Crippen LogP contribution >= 0.6 is 11.3 Å².